The number of carbonyl (C=O) groups is 1. The van der Waals surface area contributed by atoms with Gasteiger partial charge in [-0.15, -0.1) is 0 Å². The Labute approximate surface area is 187 Å². The van der Waals surface area contributed by atoms with E-state index in [-0.39, 0.29) is 24.6 Å². The molecular formula is C25H30N4O3. The lowest BCUT2D eigenvalue weighted by Gasteiger charge is -2.26. The second-order valence-corrected chi connectivity index (χ2v) is 8.37. The van der Waals surface area contributed by atoms with Crippen molar-refractivity contribution in [2.24, 2.45) is 0 Å². The fraction of sp³-hybridized carbons (Fsp3) is 0.400. The van der Waals surface area contributed by atoms with Gasteiger partial charge in [-0.25, -0.2) is 4.79 Å². The van der Waals surface area contributed by atoms with Gasteiger partial charge in [0, 0.05) is 19.6 Å². The Balaban J connectivity index is 1.42. The van der Waals surface area contributed by atoms with Crippen LogP contribution in [0.3, 0.4) is 0 Å². The molecule has 0 unspecified atom stereocenters. The number of para-hydroxylation sites is 1. The number of rotatable bonds is 7. The van der Waals surface area contributed by atoms with E-state index in [4.69, 9.17) is 0 Å². The van der Waals surface area contributed by atoms with E-state index >= 15 is 0 Å². The molecule has 1 fully saturated rings. The Morgan fingerprint density at radius 2 is 1.59 bits per heavy atom. The molecule has 0 radical (unpaired) electrons. The van der Waals surface area contributed by atoms with Crippen LogP contribution in [0.2, 0.25) is 0 Å². The van der Waals surface area contributed by atoms with Crippen molar-refractivity contribution < 1.29 is 4.79 Å². The summed E-state index contributed by atoms with van der Waals surface area (Å²) in [6, 6.07) is 15.2. The van der Waals surface area contributed by atoms with Crippen molar-refractivity contribution in [2.75, 3.05) is 13.1 Å². The van der Waals surface area contributed by atoms with E-state index in [2.05, 4.69) is 22.3 Å². The standard InChI is InChI=1S/C25H30N4O3/c1-2-28-24(31)21-8-4-5-9-22(21)29(25(28)32)18-23(30)26-16-19-10-12-20(13-11-19)17-27-14-6-3-7-15-27/h4-5,8-13H,2-3,6-7,14-18H2,1H3,(H,26,30). The Bertz CT molecular complexity index is 1200. The lowest BCUT2D eigenvalue weighted by Crippen LogP contribution is -2.42. The quantitative estimate of drug-likeness (QED) is 0.620. The number of hydrogen-bond acceptors (Lipinski definition) is 4. The maximum atomic E-state index is 12.8. The lowest BCUT2D eigenvalue weighted by atomic mass is 10.1. The molecule has 1 amide bonds. The predicted molar refractivity (Wildman–Crippen MR) is 126 cm³/mol. The summed E-state index contributed by atoms with van der Waals surface area (Å²) in [5.74, 6) is -0.268. The SMILES string of the molecule is CCn1c(=O)c2ccccc2n(CC(=O)NCc2ccc(CN3CCCCC3)cc2)c1=O. The van der Waals surface area contributed by atoms with Crippen molar-refractivity contribution in [2.45, 2.75) is 52.4 Å². The van der Waals surface area contributed by atoms with Gasteiger partial charge in [0.2, 0.25) is 5.91 Å². The maximum absolute atomic E-state index is 12.8. The summed E-state index contributed by atoms with van der Waals surface area (Å²) in [6.45, 7) is 5.56. The Morgan fingerprint density at radius 1 is 0.906 bits per heavy atom. The van der Waals surface area contributed by atoms with Crippen molar-refractivity contribution in [3.63, 3.8) is 0 Å². The first kappa shape index (κ1) is 22.0. The lowest BCUT2D eigenvalue weighted by molar-refractivity contribution is -0.121. The molecule has 0 spiro atoms. The number of carbonyl (C=O) groups excluding carboxylic acids is 1. The van der Waals surface area contributed by atoms with Gasteiger partial charge in [0.05, 0.1) is 10.9 Å². The number of piperidine rings is 1. The highest BCUT2D eigenvalue weighted by atomic mass is 16.2. The summed E-state index contributed by atoms with van der Waals surface area (Å²) < 4.78 is 2.54. The van der Waals surface area contributed by atoms with Gasteiger partial charge in [0.15, 0.2) is 0 Å². The minimum atomic E-state index is -0.464. The summed E-state index contributed by atoms with van der Waals surface area (Å²) in [5, 5.41) is 3.33. The monoisotopic (exact) mass is 434 g/mol. The summed E-state index contributed by atoms with van der Waals surface area (Å²) in [5.41, 5.74) is 1.98. The molecule has 1 aliphatic rings. The van der Waals surface area contributed by atoms with Crippen LogP contribution in [0, 0.1) is 0 Å². The second kappa shape index (κ2) is 9.96. The molecule has 1 N–H and O–H groups in total. The third-order valence-corrected chi connectivity index (χ3v) is 6.12. The molecule has 7 nitrogen and oxygen atoms in total. The van der Waals surface area contributed by atoms with E-state index in [9.17, 15) is 14.4 Å². The van der Waals surface area contributed by atoms with Crippen LogP contribution in [0.25, 0.3) is 10.9 Å². The molecule has 1 aliphatic heterocycles. The highest BCUT2D eigenvalue weighted by molar-refractivity contribution is 5.81. The number of likely N-dealkylation sites (tertiary alicyclic amines) is 1. The van der Waals surface area contributed by atoms with E-state index in [0.29, 0.717) is 17.4 Å². The number of benzene rings is 2. The van der Waals surface area contributed by atoms with Gasteiger partial charge in [-0.1, -0.05) is 42.8 Å². The molecule has 2 aromatic carbocycles. The number of amides is 1. The first-order valence-electron chi connectivity index (χ1n) is 11.4. The average Bonchev–Trinajstić information content (AvgIpc) is 2.82. The summed E-state index contributed by atoms with van der Waals surface area (Å²) in [4.78, 5) is 40.4. The van der Waals surface area contributed by atoms with E-state index in [0.717, 1.165) is 29.8 Å². The molecule has 3 aromatic rings. The van der Waals surface area contributed by atoms with E-state index < -0.39 is 5.69 Å². The number of fused-ring (bicyclic) bond motifs is 1. The van der Waals surface area contributed by atoms with Gasteiger partial charge >= 0.3 is 5.69 Å². The molecular weight excluding hydrogens is 404 g/mol. The van der Waals surface area contributed by atoms with E-state index in [1.54, 1.807) is 31.2 Å². The Kier molecular flexibility index (Phi) is 6.85. The second-order valence-electron chi connectivity index (χ2n) is 8.37. The van der Waals surface area contributed by atoms with Gasteiger partial charge in [0.1, 0.15) is 6.54 Å². The maximum Gasteiger partial charge on any atom is 0.331 e. The average molecular weight is 435 g/mol. The van der Waals surface area contributed by atoms with Crippen LogP contribution in [0.5, 0.6) is 0 Å². The fourth-order valence-corrected chi connectivity index (χ4v) is 4.34. The third-order valence-electron chi connectivity index (χ3n) is 6.12. The van der Waals surface area contributed by atoms with Gasteiger partial charge in [-0.2, -0.15) is 0 Å². The zero-order valence-corrected chi connectivity index (χ0v) is 18.5. The largest absolute Gasteiger partial charge is 0.350 e. The number of nitrogens with one attached hydrogen (secondary N) is 1. The highest BCUT2D eigenvalue weighted by Gasteiger charge is 2.14. The molecule has 7 heteroatoms. The van der Waals surface area contributed by atoms with Crippen LogP contribution in [0.1, 0.15) is 37.3 Å². The summed E-state index contributed by atoms with van der Waals surface area (Å²) >= 11 is 0. The van der Waals surface area contributed by atoms with Crippen LogP contribution >= 0.6 is 0 Å². The third kappa shape index (κ3) is 4.83. The minimum Gasteiger partial charge on any atom is -0.350 e. The molecule has 168 valence electrons. The van der Waals surface area contributed by atoms with Crippen molar-refractivity contribution in [1.82, 2.24) is 19.4 Å². The molecule has 0 saturated carbocycles. The van der Waals surface area contributed by atoms with Gasteiger partial charge in [-0.3, -0.25) is 23.6 Å². The topological polar surface area (TPSA) is 76.3 Å². The van der Waals surface area contributed by atoms with Crippen molar-refractivity contribution >= 4 is 16.8 Å². The molecule has 0 aliphatic carbocycles. The van der Waals surface area contributed by atoms with Crippen LogP contribution in [-0.4, -0.2) is 33.0 Å². The Hall–Kier alpha value is -3.19. The predicted octanol–water partition coefficient (Wildman–Crippen LogP) is 2.49. The summed E-state index contributed by atoms with van der Waals surface area (Å²) in [6.07, 6.45) is 3.88. The molecule has 4 rings (SSSR count). The minimum absolute atomic E-state index is 0.132. The normalized spacial score (nSPS) is 14.5. The van der Waals surface area contributed by atoms with Crippen LogP contribution in [-0.2, 0) is 31.0 Å². The smallest absolute Gasteiger partial charge is 0.331 e. The summed E-state index contributed by atoms with van der Waals surface area (Å²) in [7, 11) is 0. The highest BCUT2D eigenvalue weighted by Crippen LogP contribution is 2.14. The van der Waals surface area contributed by atoms with E-state index in [1.165, 1.54) is 29.4 Å². The molecule has 2 heterocycles. The number of aromatic nitrogens is 2. The Morgan fingerprint density at radius 3 is 2.31 bits per heavy atom. The first-order valence-corrected chi connectivity index (χ1v) is 11.4. The van der Waals surface area contributed by atoms with Gasteiger partial charge < -0.3 is 5.32 Å². The fourth-order valence-electron chi connectivity index (χ4n) is 4.34. The number of nitrogens with zero attached hydrogens (tertiary/aromatic N) is 3. The zero-order valence-electron chi connectivity index (χ0n) is 18.5. The molecule has 1 saturated heterocycles. The van der Waals surface area contributed by atoms with Crippen LogP contribution in [0.15, 0.2) is 58.1 Å². The van der Waals surface area contributed by atoms with Crippen molar-refractivity contribution in [3.05, 3.63) is 80.5 Å². The van der Waals surface area contributed by atoms with Crippen molar-refractivity contribution in [1.29, 1.82) is 0 Å². The van der Waals surface area contributed by atoms with Crippen LogP contribution in [0.4, 0.5) is 0 Å². The first-order chi connectivity index (χ1) is 15.6. The molecule has 0 bridgehead atoms. The van der Waals surface area contributed by atoms with Gasteiger partial charge in [-0.05, 0) is 56.1 Å². The van der Waals surface area contributed by atoms with Crippen LogP contribution < -0.4 is 16.6 Å². The van der Waals surface area contributed by atoms with E-state index in [1.807, 2.05) is 12.1 Å². The zero-order chi connectivity index (χ0) is 22.5. The van der Waals surface area contributed by atoms with Gasteiger partial charge in [0.25, 0.3) is 5.56 Å². The molecule has 0 atom stereocenters. The molecule has 1 aromatic heterocycles. The molecule has 32 heavy (non-hydrogen) atoms. The number of hydrogen-bond donors (Lipinski definition) is 1. The van der Waals surface area contributed by atoms with Crippen molar-refractivity contribution in [3.8, 4) is 0 Å².